The Balaban J connectivity index is 1.73. The van der Waals surface area contributed by atoms with E-state index in [9.17, 15) is 13.2 Å². The standard InChI is InChI=1S/C17H25N3O3S/c18-14-8-7-13(11-14)17(21)19-15-5-4-6-16(12-15)24(22,23)20-9-2-1-3-10-20/h4-6,12-14H,1-3,7-11,18H2,(H,19,21). The molecule has 1 amide bonds. The molecule has 1 aliphatic carbocycles. The molecule has 1 saturated carbocycles. The van der Waals surface area contributed by atoms with Gasteiger partial charge in [-0.3, -0.25) is 4.79 Å². The molecule has 1 aliphatic heterocycles. The fraction of sp³-hybridized carbons (Fsp3) is 0.588. The third-order valence-corrected chi connectivity index (χ3v) is 6.79. The monoisotopic (exact) mass is 351 g/mol. The fourth-order valence-electron chi connectivity index (χ4n) is 3.49. The minimum atomic E-state index is -3.49. The van der Waals surface area contributed by atoms with Gasteiger partial charge in [0.1, 0.15) is 0 Å². The van der Waals surface area contributed by atoms with Gasteiger partial charge in [-0.15, -0.1) is 0 Å². The Morgan fingerprint density at radius 3 is 2.58 bits per heavy atom. The molecule has 1 heterocycles. The highest BCUT2D eigenvalue weighted by Gasteiger charge is 2.29. The van der Waals surface area contributed by atoms with Crippen LogP contribution in [0.4, 0.5) is 5.69 Å². The molecule has 0 spiro atoms. The lowest BCUT2D eigenvalue weighted by atomic mass is 10.1. The molecule has 0 bridgehead atoms. The number of amides is 1. The zero-order valence-corrected chi connectivity index (χ0v) is 14.6. The number of nitrogens with two attached hydrogens (primary N) is 1. The number of sulfonamides is 1. The van der Waals surface area contributed by atoms with E-state index >= 15 is 0 Å². The molecule has 1 saturated heterocycles. The van der Waals surface area contributed by atoms with Crippen LogP contribution in [0.2, 0.25) is 0 Å². The lowest BCUT2D eigenvalue weighted by Crippen LogP contribution is -2.35. The van der Waals surface area contributed by atoms with Gasteiger partial charge in [0.2, 0.25) is 15.9 Å². The van der Waals surface area contributed by atoms with Crippen molar-refractivity contribution < 1.29 is 13.2 Å². The third kappa shape index (κ3) is 3.79. The molecule has 2 atom stereocenters. The Morgan fingerprint density at radius 1 is 1.17 bits per heavy atom. The molecule has 0 radical (unpaired) electrons. The van der Waals surface area contributed by atoms with Crippen molar-refractivity contribution in [2.45, 2.75) is 49.5 Å². The third-order valence-electron chi connectivity index (χ3n) is 4.90. The summed E-state index contributed by atoms with van der Waals surface area (Å²) in [5.74, 6) is -0.155. The highest BCUT2D eigenvalue weighted by molar-refractivity contribution is 7.89. The van der Waals surface area contributed by atoms with E-state index < -0.39 is 10.0 Å². The predicted molar refractivity (Wildman–Crippen MR) is 93.0 cm³/mol. The maximum absolute atomic E-state index is 12.7. The van der Waals surface area contributed by atoms with Crippen LogP contribution >= 0.6 is 0 Å². The van der Waals surface area contributed by atoms with E-state index in [0.717, 1.165) is 32.1 Å². The van der Waals surface area contributed by atoms with Crippen LogP contribution in [0.3, 0.4) is 0 Å². The van der Waals surface area contributed by atoms with Crippen molar-refractivity contribution in [3.05, 3.63) is 24.3 Å². The Bertz CT molecular complexity index is 699. The van der Waals surface area contributed by atoms with Crippen molar-refractivity contribution >= 4 is 21.6 Å². The second kappa shape index (κ2) is 7.21. The van der Waals surface area contributed by atoms with E-state index in [1.807, 2.05) is 0 Å². The number of carbonyl (C=O) groups excluding carboxylic acids is 1. The van der Waals surface area contributed by atoms with E-state index in [1.54, 1.807) is 24.3 Å². The zero-order chi connectivity index (χ0) is 17.2. The largest absolute Gasteiger partial charge is 0.328 e. The minimum absolute atomic E-state index is 0.0736. The molecule has 1 aromatic carbocycles. The lowest BCUT2D eigenvalue weighted by molar-refractivity contribution is -0.119. The summed E-state index contributed by atoms with van der Waals surface area (Å²) >= 11 is 0. The topological polar surface area (TPSA) is 92.5 Å². The van der Waals surface area contributed by atoms with Gasteiger partial charge in [-0.05, 0) is 50.3 Å². The van der Waals surface area contributed by atoms with Crippen LogP contribution in [0.15, 0.2) is 29.2 Å². The maximum Gasteiger partial charge on any atom is 0.243 e. The van der Waals surface area contributed by atoms with E-state index in [2.05, 4.69) is 5.32 Å². The van der Waals surface area contributed by atoms with E-state index in [0.29, 0.717) is 25.2 Å². The van der Waals surface area contributed by atoms with Gasteiger partial charge in [0.15, 0.2) is 0 Å². The first-order chi connectivity index (χ1) is 11.5. The first-order valence-electron chi connectivity index (χ1n) is 8.63. The van der Waals surface area contributed by atoms with Gasteiger partial charge in [0, 0.05) is 30.7 Å². The smallest absolute Gasteiger partial charge is 0.243 e. The van der Waals surface area contributed by atoms with E-state index in [1.165, 1.54) is 4.31 Å². The fourth-order valence-corrected chi connectivity index (χ4v) is 5.05. The summed E-state index contributed by atoms with van der Waals surface area (Å²) in [7, 11) is -3.49. The number of hydrogen-bond donors (Lipinski definition) is 2. The van der Waals surface area contributed by atoms with E-state index in [4.69, 9.17) is 5.73 Å². The Kier molecular flexibility index (Phi) is 5.22. The molecule has 24 heavy (non-hydrogen) atoms. The minimum Gasteiger partial charge on any atom is -0.328 e. The molecule has 3 rings (SSSR count). The average Bonchev–Trinajstić information content (AvgIpc) is 3.02. The van der Waals surface area contributed by atoms with Crippen molar-refractivity contribution in [2.75, 3.05) is 18.4 Å². The lowest BCUT2D eigenvalue weighted by Gasteiger charge is -2.26. The van der Waals surface area contributed by atoms with Crippen molar-refractivity contribution in [3.63, 3.8) is 0 Å². The Labute approximate surface area is 143 Å². The number of nitrogens with one attached hydrogen (secondary N) is 1. The normalized spacial score (nSPS) is 25.5. The quantitative estimate of drug-likeness (QED) is 0.867. The highest BCUT2D eigenvalue weighted by Crippen LogP contribution is 2.27. The number of nitrogens with zero attached hydrogens (tertiary/aromatic N) is 1. The summed E-state index contributed by atoms with van der Waals surface area (Å²) in [6.07, 6.45) is 5.22. The van der Waals surface area contributed by atoms with Crippen molar-refractivity contribution in [1.82, 2.24) is 4.31 Å². The van der Waals surface area contributed by atoms with Gasteiger partial charge in [0.05, 0.1) is 4.90 Å². The maximum atomic E-state index is 12.7. The summed E-state index contributed by atoms with van der Waals surface area (Å²) < 4.78 is 27.0. The first-order valence-corrected chi connectivity index (χ1v) is 10.1. The molecule has 7 heteroatoms. The molecule has 2 aliphatic rings. The molecule has 1 aromatic rings. The Hall–Kier alpha value is -1.44. The molecule has 0 aromatic heterocycles. The molecule has 2 fully saturated rings. The van der Waals surface area contributed by atoms with Crippen LogP contribution in [-0.2, 0) is 14.8 Å². The molecule has 2 unspecified atom stereocenters. The van der Waals surface area contributed by atoms with Gasteiger partial charge in [-0.25, -0.2) is 8.42 Å². The summed E-state index contributed by atoms with van der Waals surface area (Å²) in [6.45, 7) is 1.14. The molecule has 6 nitrogen and oxygen atoms in total. The van der Waals surface area contributed by atoms with Gasteiger partial charge >= 0.3 is 0 Å². The van der Waals surface area contributed by atoms with Crippen LogP contribution in [0, 0.1) is 5.92 Å². The van der Waals surface area contributed by atoms with Gasteiger partial charge in [-0.1, -0.05) is 12.5 Å². The van der Waals surface area contributed by atoms with Gasteiger partial charge in [-0.2, -0.15) is 4.31 Å². The molecular weight excluding hydrogens is 326 g/mol. The second-order valence-corrected chi connectivity index (χ2v) is 8.69. The van der Waals surface area contributed by atoms with Gasteiger partial charge in [0.25, 0.3) is 0 Å². The SMILES string of the molecule is NC1CCC(C(=O)Nc2cccc(S(=O)(=O)N3CCCCC3)c2)C1. The highest BCUT2D eigenvalue weighted by atomic mass is 32.2. The summed E-state index contributed by atoms with van der Waals surface area (Å²) in [6, 6.07) is 6.63. The van der Waals surface area contributed by atoms with Gasteiger partial charge < -0.3 is 11.1 Å². The number of rotatable bonds is 4. The van der Waals surface area contributed by atoms with Crippen LogP contribution in [-0.4, -0.2) is 37.8 Å². The average molecular weight is 351 g/mol. The zero-order valence-electron chi connectivity index (χ0n) is 13.8. The van der Waals surface area contributed by atoms with Crippen LogP contribution in [0.5, 0.6) is 0 Å². The number of benzene rings is 1. The van der Waals surface area contributed by atoms with Crippen LogP contribution in [0.25, 0.3) is 0 Å². The first kappa shape index (κ1) is 17.4. The molecular formula is C17H25N3O3S. The molecule has 132 valence electrons. The number of hydrogen-bond acceptors (Lipinski definition) is 4. The summed E-state index contributed by atoms with van der Waals surface area (Å²) in [5.41, 5.74) is 6.38. The van der Waals surface area contributed by atoms with Crippen LogP contribution in [0.1, 0.15) is 38.5 Å². The summed E-state index contributed by atoms with van der Waals surface area (Å²) in [5, 5.41) is 2.84. The second-order valence-electron chi connectivity index (χ2n) is 6.75. The van der Waals surface area contributed by atoms with Crippen LogP contribution < -0.4 is 11.1 Å². The van der Waals surface area contributed by atoms with Crippen molar-refractivity contribution in [2.24, 2.45) is 11.7 Å². The number of anilines is 1. The predicted octanol–water partition coefficient (Wildman–Crippen LogP) is 1.93. The van der Waals surface area contributed by atoms with E-state index in [-0.39, 0.29) is 22.8 Å². The van der Waals surface area contributed by atoms with Crippen molar-refractivity contribution in [3.8, 4) is 0 Å². The number of carbonyl (C=O) groups is 1. The summed E-state index contributed by atoms with van der Waals surface area (Å²) in [4.78, 5) is 12.5. The number of piperidine rings is 1. The molecule has 3 N–H and O–H groups in total. The Morgan fingerprint density at radius 2 is 1.92 bits per heavy atom. The van der Waals surface area contributed by atoms with Crippen molar-refractivity contribution in [1.29, 1.82) is 0 Å².